The Hall–Kier alpha value is -5.22. The Morgan fingerprint density at radius 2 is 2.03 bits per heavy atom. The minimum atomic E-state index is -0.387. The smallest absolute Gasteiger partial charge is 0.298 e. The summed E-state index contributed by atoms with van der Waals surface area (Å²) in [6.45, 7) is 2.70. The summed E-state index contributed by atoms with van der Waals surface area (Å²) in [7, 11) is 0. The van der Waals surface area contributed by atoms with Gasteiger partial charge < -0.3 is 16.0 Å². The van der Waals surface area contributed by atoms with Crippen molar-refractivity contribution in [3.05, 3.63) is 71.7 Å². The Balaban J connectivity index is 1.53. The van der Waals surface area contributed by atoms with Crippen LogP contribution in [0, 0.1) is 23.2 Å². The molecule has 4 aromatic rings. The van der Waals surface area contributed by atoms with E-state index in [1.165, 1.54) is 6.07 Å². The van der Waals surface area contributed by atoms with Crippen LogP contribution in [0.1, 0.15) is 40.9 Å². The van der Waals surface area contributed by atoms with E-state index in [0.29, 0.717) is 35.9 Å². The fourth-order valence-corrected chi connectivity index (χ4v) is 4.52. The Morgan fingerprint density at radius 3 is 2.78 bits per heavy atom. The number of carbonyl (C=O) groups is 2. The number of nitriles is 1. The maximum absolute atomic E-state index is 12.8. The lowest BCUT2D eigenvalue weighted by Gasteiger charge is -2.12. The topological polar surface area (TPSA) is 142 Å². The molecule has 4 heterocycles. The van der Waals surface area contributed by atoms with E-state index in [2.05, 4.69) is 33.2 Å². The van der Waals surface area contributed by atoms with Gasteiger partial charge in [0.25, 0.3) is 11.8 Å². The predicted molar refractivity (Wildman–Crippen MR) is 137 cm³/mol. The highest BCUT2D eigenvalue weighted by atomic mass is 16.2. The summed E-state index contributed by atoms with van der Waals surface area (Å²) in [5.74, 6) is 5.70. The van der Waals surface area contributed by atoms with Crippen LogP contribution in [-0.2, 0) is 4.79 Å². The molecule has 1 saturated heterocycles. The molecule has 0 spiro atoms. The zero-order chi connectivity index (χ0) is 25.9. The van der Waals surface area contributed by atoms with Crippen LogP contribution in [0.25, 0.3) is 16.9 Å². The molecule has 5 rings (SSSR count). The number of carbonyl (C=O) groups excluding carboxylic acids is 2. The molecule has 3 N–H and O–H groups in total. The molecule has 3 aromatic heterocycles. The number of rotatable bonds is 4. The maximum Gasteiger partial charge on any atom is 0.298 e. The van der Waals surface area contributed by atoms with Crippen LogP contribution in [0.3, 0.4) is 0 Å². The molecule has 0 saturated carbocycles. The van der Waals surface area contributed by atoms with Crippen LogP contribution in [0.15, 0.2) is 54.9 Å². The van der Waals surface area contributed by atoms with Crippen LogP contribution in [-0.4, -0.2) is 49.2 Å². The summed E-state index contributed by atoms with van der Waals surface area (Å²) in [5.41, 5.74) is 8.86. The van der Waals surface area contributed by atoms with Crippen LogP contribution in [0.5, 0.6) is 0 Å². The van der Waals surface area contributed by atoms with Crippen LogP contribution in [0.2, 0.25) is 0 Å². The molecule has 1 aliphatic heterocycles. The number of nitrogens with one attached hydrogen (secondary N) is 1. The average Bonchev–Trinajstić information content (AvgIpc) is 3.55. The first kappa shape index (κ1) is 23.5. The van der Waals surface area contributed by atoms with Crippen molar-refractivity contribution in [3.63, 3.8) is 0 Å². The summed E-state index contributed by atoms with van der Waals surface area (Å²) in [5, 5.41) is 12.7. The maximum atomic E-state index is 12.8. The number of hydrogen-bond donors (Lipinski definition) is 2. The molecule has 10 nitrogen and oxygen atoms in total. The van der Waals surface area contributed by atoms with Crippen LogP contribution >= 0.6 is 0 Å². The number of likely N-dealkylation sites (tertiary alicyclic amines) is 1. The minimum absolute atomic E-state index is 0.0258. The van der Waals surface area contributed by atoms with Gasteiger partial charge in [0.2, 0.25) is 5.95 Å². The lowest BCUT2D eigenvalue weighted by molar-refractivity contribution is -0.124. The van der Waals surface area contributed by atoms with Crippen LogP contribution in [0.4, 0.5) is 11.8 Å². The van der Waals surface area contributed by atoms with Crippen molar-refractivity contribution >= 4 is 29.1 Å². The molecule has 37 heavy (non-hydrogen) atoms. The molecule has 1 atom stereocenters. The second-order valence-corrected chi connectivity index (χ2v) is 8.50. The second-order valence-electron chi connectivity index (χ2n) is 8.50. The van der Waals surface area contributed by atoms with Gasteiger partial charge in [-0.15, -0.1) is 0 Å². The fourth-order valence-electron chi connectivity index (χ4n) is 4.52. The van der Waals surface area contributed by atoms with E-state index in [9.17, 15) is 14.9 Å². The SMILES string of the molecule is CC#CC(=O)N1CCC(c2nc(-c3ccc(C(=O)Nc4ccccn4)cc3C#N)n3c(N)nccc23)C1. The summed E-state index contributed by atoms with van der Waals surface area (Å²) in [6, 6.07) is 14.0. The van der Waals surface area contributed by atoms with Gasteiger partial charge in [-0.1, -0.05) is 12.0 Å². The van der Waals surface area contributed by atoms with Gasteiger partial charge in [0.1, 0.15) is 11.6 Å². The number of nitrogen functional groups attached to an aromatic ring is 1. The highest BCUT2D eigenvalue weighted by Gasteiger charge is 2.31. The fraction of sp³-hybridized carbons (Fsp3) is 0.185. The predicted octanol–water partition coefficient (Wildman–Crippen LogP) is 2.84. The second kappa shape index (κ2) is 9.80. The molecule has 1 fully saturated rings. The quantitative estimate of drug-likeness (QED) is 0.419. The summed E-state index contributed by atoms with van der Waals surface area (Å²) >= 11 is 0. The molecule has 10 heteroatoms. The van der Waals surface area contributed by atoms with Crippen molar-refractivity contribution in [2.45, 2.75) is 19.3 Å². The number of aromatic nitrogens is 4. The largest absolute Gasteiger partial charge is 0.369 e. The van der Waals surface area contributed by atoms with Gasteiger partial charge in [-0.05, 0) is 55.7 Å². The van der Waals surface area contributed by atoms with Crippen molar-refractivity contribution in [3.8, 4) is 29.3 Å². The summed E-state index contributed by atoms with van der Waals surface area (Å²) in [6.07, 6.45) is 3.91. The summed E-state index contributed by atoms with van der Waals surface area (Å²) in [4.78, 5) is 40.0. The van der Waals surface area contributed by atoms with Crippen LogP contribution < -0.4 is 11.1 Å². The third kappa shape index (κ3) is 4.44. The van der Waals surface area contributed by atoms with E-state index >= 15 is 0 Å². The normalized spacial score (nSPS) is 14.6. The Bertz CT molecular complexity index is 1630. The number of hydrogen-bond acceptors (Lipinski definition) is 7. The Labute approximate surface area is 212 Å². The minimum Gasteiger partial charge on any atom is -0.369 e. The number of pyridine rings is 1. The monoisotopic (exact) mass is 490 g/mol. The molecular formula is C27H22N8O2. The van der Waals surface area contributed by atoms with Crippen molar-refractivity contribution in [1.82, 2.24) is 24.3 Å². The highest BCUT2D eigenvalue weighted by molar-refractivity contribution is 6.04. The van der Waals surface area contributed by atoms with E-state index in [4.69, 9.17) is 10.7 Å². The van der Waals surface area contributed by atoms with E-state index in [0.717, 1.165) is 17.6 Å². The average molecular weight is 491 g/mol. The van der Waals surface area contributed by atoms with Gasteiger partial charge >= 0.3 is 0 Å². The Morgan fingerprint density at radius 1 is 1.16 bits per heavy atom. The molecule has 2 amide bonds. The van der Waals surface area contributed by atoms with Gasteiger partial charge in [-0.3, -0.25) is 14.0 Å². The first-order chi connectivity index (χ1) is 18.0. The first-order valence-electron chi connectivity index (χ1n) is 11.6. The van der Waals surface area contributed by atoms with E-state index in [-0.39, 0.29) is 29.2 Å². The number of nitrogens with two attached hydrogens (primary N) is 1. The molecule has 0 bridgehead atoms. The number of imidazole rings is 1. The molecule has 0 aliphatic carbocycles. The van der Waals surface area contributed by atoms with E-state index < -0.39 is 0 Å². The van der Waals surface area contributed by atoms with Gasteiger partial charge in [0.05, 0.1) is 22.8 Å². The number of fused-ring (bicyclic) bond motifs is 1. The molecule has 1 aliphatic rings. The van der Waals surface area contributed by atoms with Gasteiger partial charge in [-0.25, -0.2) is 15.0 Å². The molecule has 182 valence electrons. The third-order valence-electron chi connectivity index (χ3n) is 6.25. The van der Waals surface area contributed by atoms with Gasteiger partial charge in [0, 0.05) is 42.5 Å². The molecule has 1 aromatic carbocycles. The van der Waals surface area contributed by atoms with Crippen molar-refractivity contribution < 1.29 is 9.59 Å². The standard InChI is InChI=1S/C27H22N8O2/c1-2-5-23(36)34-13-10-18(16-34)24-21-9-12-31-27(29)35(21)25(33-24)20-8-7-17(14-19(20)15-28)26(37)32-22-6-3-4-11-30-22/h3-4,6-9,11-12,14,18H,10,13,16H2,1H3,(H2,29,31)(H,30,32,37). The molecule has 1 unspecified atom stereocenters. The molecular weight excluding hydrogens is 468 g/mol. The van der Waals surface area contributed by atoms with Crippen molar-refractivity contribution in [1.29, 1.82) is 5.26 Å². The van der Waals surface area contributed by atoms with Gasteiger partial charge in [0.15, 0.2) is 0 Å². The lowest BCUT2D eigenvalue weighted by Crippen LogP contribution is -2.26. The van der Waals surface area contributed by atoms with Crippen molar-refractivity contribution in [2.24, 2.45) is 0 Å². The Kier molecular flexibility index (Phi) is 6.23. The molecule has 0 radical (unpaired) electrons. The number of nitrogens with zero attached hydrogens (tertiary/aromatic N) is 6. The van der Waals surface area contributed by atoms with Crippen molar-refractivity contribution in [2.75, 3.05) is 24.1 Å². The van der Waals surface area contributed by atoms with E-state index in [1.807, 2.05) is 6.07 Å². The van der Waals surface area contributed by atoms with E-state index in [1.54, 1.807) is 58.9 Å². The highest BCUT2D eigenvalue weighted by Crippen LogP contribution is 2.35. The number of benzene rings is 1. The zero-order valence-corrected chi connectivity index (χ0v) is 20.0. The first-order valence-corrected chi connectivity index (χ1v) is 11.6. The zero-order valence-electron chi connectivity index (χ0n) is 20.0. The number of amides is 2. The number of anilines is 2. The summed E-state index contributed by atoms with van der Waals surface area (Å²) < 4.78 is 1.70. The lowest BCUT2D eigenvalue weighted by atomic mass is 10.0. The van der Waals surface area contributed by atoms with Gasteiger partial charge in [-0.2, -0.15) is 5.26 Å². The third-order valence-corrected chi connectivity index (χ3v) is 6.25.